The van der Waals surface area contributed by atoms with Gasteiger partial charge >= 0.3 is 0 Å². The first-order valence-corrected chi connectivity index (χ1v) is 9.65. The van der Waals surface area contributed by atoms with Crippen LogP contribution in [0.5, 0.6) is 0 Å². The van der Waals surface area contributed by atoms with Crippen LogP contribution >= 0.6 is 0 Å². The van der Waals surface area contributed by atoms with Gasteiger partial charge in [0.25, 0.3) is 0 Å². The second kappa shape index (κ2) is 4.49. The quantitative estimate of drug-likeness (QED) is 0.829. The molecule has 5 saturated carbocycles. The molecule has 2 bridgehead atoms. The van der Waals surface area contributed by atoms with Crippen molar-refractivity contribution in [3.8, 4) is 0 Å². The molecule has 9 atom stereocenters. The van der Waals surface area contributed by atoms with Crippen LogP contribution in [0.4, 0.5) is 4.39 Å². The summed E-state index contributed by atoms with van der Waals surface area (Å²) in [5.74, 6) is 6.05. The topological polar surface area (TPSA) is 20.3 Å². The SMILES string of the molecule is CN(CCCc1cccc(F)c1)[C@H]1[C@@H]2[C@H]3C[C@H]4[C@@H]2C(=O)[C@@H]2[C@@H]4[C@H]3[C@H]21. The summed E-state index contributed by atoms with van der Waals surface area (Å²) < 4.78 is 13.3. The van der Waals surface area contributed by atoms with E-state index in [9.17, 15) is 9.18 Å². The van der Waals surface area contributed by atoms with Crippen molar-refractivity contribution in [2.24, 2.45) is 47.3 Å². The zero-order valence-electron chi connectivity index (χ0n) is 14.1. The zero-order valence-corrected chi connectivity index (χ0v) is 14.1. The van der Waals surface area contributed by atoms with Crippen LogP contribution in [-0.4, -0.2) is 30.3 Å². The monoisotopic (exact) mass is 325 g/mol. The Morgan fingerprint density at radius 2 is 2.00 bits per heavy atom. The van der Waals surface area contributed by atoms with Crippen molar-refractivity contribution in [3.05, 3.63) is 35.6 Å². The lowest BCUT2D eigenvalue weighted by Crippen LogP contribution is -2.55. The third-order valence-corrected chi connectivity index (χ3v) is 8.44. The maximum absolute atomic E-state index is 13.3. The van der Waals surface area contributed by atoms with Gasteiger partial charge in [-0.3, -0.25) is 4.79 Å². The minimum absolute atomic E-state index is 0.135. The number of halogens is 1. The third kappa shape index (κ3) is 1.45. The van der Waals surface area contributed by atoms with Crippen LogP contribution in [0, 0.1) is 53.2 Å². The number of nitrogens with zero attached hydrogens (tertiary/aromatic N) is 1. The fourth-order valence-electron chi connectivity index (χ4n) is 8.08. The normalized spacial score (nSPS) is 48.8. The van der Waals surface area contributed by atoms with E-state index in [-0.39, 0.29) is 5.82 Å². The Hall–Kier alpha value is -1.22. The van der Waals surface area contributed by atoms with Gasteiger partial charge in [-0.1, -0.05) is 12.1 Å². The molecule has 1 aromatic carbocycles. The average Bonchev–Trinajstić information content (AvgIpc) is 3.06. The number of Topliss-reactive ketones (excluding diaryl/α,β-unsaturated/α-hetero) is 1. The van der Waals surface area contributed by atoms with Crippen molar-refractivity contribution >= 4 is 5.78 Å². The molecule has 1 aromatic rings. The molecule has 0 spiro atoms. The molecule has 126 valence electrons. The summed E-state index contributed by atoms with van der Waals surface area (Å²) in [5, 5.41) is 0. The van der Waals surface area contributed by atoms with E-state index in [0.29, 0.717) is 35.5 Å². The fraction of sp³-hybridized carbons (Fsp3) is 0.667. The van der Waals surface area contributed by atoms with Gasteiger partial charge in [0, 0.05) is 17.9 Å². The summed E-state index contributed by atoms with van der Waals surface area (Å²) in [4.78, 5) is 15.2. The van der Waals surface area contributed by atoms with Gasteiger partial charge in [0.05, 0.1) is 0 Å². The number of benzene rings is 1. The Kier molecular flexibility index (Phi) is 2.62. The second-order valence-electron chi connectivity index (χ2n) is 9.03. The minimum Gasteiger partial charge on any atom is -0.303 e. The predicted octanol–water partition coefficient (Wildman–Crippen LogP) is 3.02. The maximum Gasteiger partial charge on any atom is 0.140 e. The molecule has 6 rings (SSSR count). The van der Waals surface area contributed by atoms with E-state index in [0.717, 1.165) is 48.6 Å². The highest BCUT2D eigenvalue weighted by molar-refractivity contribution is 5.91. The molecule has 2 nitrogen and oxygen atoms in total. The van der Waals surface area contributed by atoms with E-state index in [4.69, 9.17) is 0 Å². The van der Waals surface area contributed by atoms with Crippen LogP contribution in [0.25, 0.3) is 0 Å². The Bertz CT molecular complexity index is 732. The van der Waals surface area contributed by atoms with Gasteiger partial charge in [-0.15, -0.1) is 0 Å². The third-order valence-electron chi connectivity index (χ3n) is 8.44. The van der Waals surface area contributed by atoms with Crippen LogP contribution in [0.15, 0.2) is 24.3 Å². The summed E-state index contributed by atoms with van der Waals surface area (Å²) in [5.41, 5.74) is 1.09. The molecule has 24 heavy (non-hydrogen) atoms. The standard InChI is InChI=1S/C21H24FNO/c1-23(7-3-5-10-4-2-6-11(22)8-10)20-16-12-9-13-15-14(12)18(20)19(15)21(24)17(13)16/h2,4,6,8,12-20H,3,5,7,9H2,1H3/t12-,13+,14-,15-,16+,17-,18+,19+,20-/m0/s1. The molecule has 3 heteroatoms. The number of carbonyl (C=O) groups excluding carboxylic acids is 1. The van der Waals surface area contributed by atoms with Gasteiger partial charge in [0.1, 0.15) is 11.6 Å². The fourth-order valence-corrected chi connectivity index (χ4v) is 8.08. The average molecular weight is 325 g/mol. The molecule has 5 aliphatic rings. The lowest BCUT2D eigenvalue weighted by atomic mass is 9.58. The minimum atomic E-state index is -0.135. The lowest BCUT2D eigenvalue weighted by molar-refractivity contribution is -0.137. The first-order valence-electron chi connectivity index (χ1n) is 9.65. The molecule has 0 amide bonds. The van der Waals surface area contributed by atoms with Crippen LogP contribution in [0.2, 0.25) is 0 Å². The molecule has 5 aliphatic carbocycles. The molecule has 0 saturated heterocycles. The van der Waals surface area contributed by atoms with E-state index in [1.807, 2.05) is 6.07 Å². The molecule has 0 aromatic heterocycles. The molecular weight excluding hydrogens is 301 g/mol. The van der Waals surface area contributed by atoms with E-state index in [2.05, 4.69) is 11.9 Å². The number of aryl methyl sites for hydroxylation is 1. The Morgan fingerprint density at radius 1 is 1.12 bits per heavy atom. The Morgan fingerprint density at radius 3 is 2.83 bits per heavy atom. The summed E-state index contributed by atoms with van der Waals surface area (Å²) in [6, 6.07) is 7.64. The van der Waals surface area contributed by atoms with Crippen molar-refractivity contribution in [1.82, 2.24) is 4.90 Å². The van der Waals surface area contributed by atoms with Gasteiger partial charge in [0.2, 0.25) is 0 Å². The zero-order chi connectivity index (χ0) is 16.2. The summed E-state index contributed by atoms with van der Waals surface area (Å²) >= 11 is 0. The van der Waals surface area contributed by atoms with Crippen molar-refractivity contribution in [2.75, 3.05) is 13.6 Å². The van der Waals surface area contributed by atoms with Gasteiger partial charge in [-0.2, -0.15) is 0 Å². The first-order chi connectivity index (χ1) is 11.7. The van der Waals surface area contributed by atoms with Gasteiger partial charge in [-0.05, 0) is 86.1 Å². The molecule has 0 N–H and O–H groups in total. The second-order valence-corrected chi connectivity index (χ2v) is 9.03. The van der Waals surface area contributed by atoms with Crippen LogP contribution < -0.4 is 0 Å². The predicted molar refractivity (Wildman–Crippen MR) is 88.7 cm³/mol. The Balaban J connectivity index is 1.16. The number of ketones is 1. The highest BCUT2D eigenvalue weighted by Crippen LogP contribution is 2.82. The number of carbonyl (C=O) groups is 1. The van der Waals surface area contributed by atoms with Gasteiger partial charge in [0.15, 0.2) is 0 Å². The van der Waals surface area contributed by atoms with E-state index < -0.39 is 0 Å². The lowest BCUT2D eigenvalue weighted by Gasteiger charge is -2.48. The smallest absolute Gasteiger partial charge is 0.140 e. The highest BCUT2D eigenvalue weighted by atomic mass is 19.1. The molecule has 5 fully saturated rings. The van der Waals surface area contributed by atoms with Gasteiger partial charge in [-0.25, -0.2) is 4.39 Å². The molecular formula is C21H24FNO. The van der Waals surface area contributed by atoms with E-state index >= 15 is 0 Å². The van der Waals surface area contributed by atoms with Crippen molar-refractivity contribution in [3.63, 3.8) is 0 Å². The highest BCUT2D eigenvalue weighted by Gasteiger charge is 2.83. The van der Waals surface area contributed by atoms with Crippen molar-refractivity contribution in [1.29, 1.82) is 0 Å². The number of fused-ring (bicyclic) bond motifs is 2. The molecule has 0 heterocycles. The summed E-state index contributed by atoms with van der Waals surface area (Å²) in [7, 11) is 2.27. The van der Waals surface area contributed by atoms with Crippen LogP contribution in [0.3, 0.4) is 0 Å². The molecule has 0 radical (unpaired) electrons. The Labute approximate surface area is 142 Å². The van der Waals surface area contributed by atoms with E-state index in [1.54, 1.807) is 12.1 Å². The summed E-state index contributed by atoms with van der Waals surface area (Å²) in [6.45, 7) is 1.07. The first kappa shape index (κ1) is 14.0. The number of rotatable bonds is 5. The van der Waals surface area contributed by atoms with Crippen molar-refractivity contribution in [2.45, 2.75) is 25.3 Å². The molecule has 0 aliphatic heterocycles. The van der Waals surface area contributed by atoms with Gasteiger partial charge < -0.3 is 4.90 Å². The maximum atomic E-state index is 13.3. The van der Waals surface area contributed by atoms with Crippen LogP contribution in [0.1, 0.15) is 18.4 Å². The van der Waals surface area contributed by atoms with Crippen molar-refractivity contribution < 1.29 is 9.18 Å². The number of hydrogen-bond donors (Lipinski definition) is 0. The summed E-state index contributed by atoms with van der Waals surface area (Å²) in [6.07, 6.45) is 3.37. The largest absolute Gasteiger partial charge is 0.303 e. The molecule has 0 unspecified atom stereocenters. The van der Waals surface area contributed by atoms with E-state index in [1.165, 1.54) is 12.5 Å². The number of hydrogen-bond acceptors (Lipinski definition) is 2. The van der Waals surface area contributed by atoms with Crippen LogP contribution in [-0.2, 0) is 11.2 Å².